The minimum absolute atomic E-state index is 0.0544. The number of nitrogens with two attached hydrogens (primary N) is 1. The molecule has 1 aliphatic rings. The van der Waals surface area contributed by atoms with Gasteiger partial charge in [-0.2, -0.15) is 0 Å². The number of carbonyl (C=O) groups excluding carboxylic acids is 1. The van der Waals surface area contributed by atoms with Crippen molar-refractivity contribution in [2.75, 3.05) is 40.5 Å². The molecular weight excluding hydrogens is 420 g/mol. The predicted molar refractivity (Wildman–Crippen MR) is 116 cm³/mol. The third kappa shape index (κ3) is 4.84. The monoisotopic (exact) mass is 448 g/mol. The molecule has 1 heterocycles. The number of piperidine rings is 1. The summed E-state index contributed by atoms with van der Waals surface area (Å²) in [5, 5.41) is 0. The van der Waals surface area contributed by atoms with Crippen molar-refractivity contribution in [3.8, 4) is 17.2 Å². The Kier molecular flexibility index (Phi) is 7.19. The van der Waals surface area contributed by atoms with Gasteiger partial charge in [-0.15, -0.1) is 0 Å². The van der Waals surface area contributed by atoms with Gasteiger partial charge in [0, 0.05) is 26.7 Å². The first-order chi connectivity index (χ1) is 14.8. The number of rotatable bonds is 9. The zero-order chi connectivity index (χ0) is 22.5. The second kappa shape index (κ2) is 9.67. The number of amides is 1. The quantitative estimate of drug-likeness (QED) is 0.627. The molecule has 2 N–H and O–H groups in total. The zero-order valence-electron chi connectivity index (χ0n) is 17.7. The van der Waals surface area contributed by atoms with Gasteiger partial charge >= 0.3 is 0 Å². The summed E-state index contributed by atoms with van der Waals surface area (Å²) in [6.45, 7) is 2.16. The van der Waals surface area contributed by atoms with Crippen LogP contribution in [0.15, 0.2) is 53.4 Å². The van der Waals surface area contributed by atoms with Crippen LogP contribution in [0.5, 0.6) is 17.2 Å². The van der Waals surface area contributed by atoms with Crippen LogP contribution in [0, 0.1) is 0 Å². The zero-order valence-corrected chi connectivity index (χ0v) is 18.6. The van der Waals surface area contributed by atoms with Crippen LogP contribution in [0.25, 0.3) is 0 Å². The van der Waals surface area contributed by atoms with E-state index in [0.717, 1.165) is 0 Å². The van der Waals surface area contributed by atoms with Crippen molar-refractivity contribution in [1.82, 2.24) is 4.90 Å². The first-order valence-electron chi connectivity index (χ1n) is 10.0. The summed E-state index contributed by atoms with van der Waals surface area (Å²) in [6.07, 6.45) is 0.303. The highest BCUT2D eigenvalue weighted by molar-refractivity contribution is 7.93. The normalized spacial score (nSPS) is 16.6. The van der Waals surface area contributed by atoms with E-state index < -0.39 is 20.5 Å². The number of nitrogens with zero attached hydrogens (tertiary/aromatic N) is 1. The standard InChI is InChI=1S/C22H28N2O6S/c1-28-16-15-24-13-11-22(12-14-24,21(23)25)31(26,27)20-9-7-19(8-10-20)30-18-5-3-17(29-2)4-6-18/h3-10H,11-16H2,1-2H3,(H2,23,25). The average Bonchev–Trinajstić information content (AvgIpc) is 2.78. The highest BCUT2D eigenvalue weighted by atomic mass is 32.2. The molecule has 168 valence electrons. The summed E-state index contributed by atoms with van der Waals surface area (Å²) in [7, 11) is -0.774. The Morgan fingerprint density at radius 2 is 1.48 bits per heavy atom. The smallest absolute Gasteiger partial charge is 0.239 e. The first-order valence-corrected chi connectivity index (χ1v) is 11.5. The number of hydrogen-bond acceptors (Lipinski definition) is 7. The van der Waals surface area contributed by atoms with E-state index in [-0.39, 0.29) is 17.7 Å². The fourth-order valence-corrected chi connectivity index (χ4v) is 5.63. The van der Waals surface area contributed by atoms with E-state index in [1.807, 2.05) is 0 Å². The minimum Gasteiger partial charge on any atom is -0.497 e. The van der Waals surface area contributed by atoms with Crippen molar-refractivity contribution in [2.24, 2.45) is 5.73 Å². The van der Waals surface area contributed by atoms with Crippen LogP contribution in [-0.2, 0) is 19.4 Å². The summed E-state index contributed by atoms with van der Waals surface area (Å²) in [4.78, 5) is 14.5. The van der Waals surface area contributed by atoms with Gasteiger partial charge < -0.3 is 24.8 Å². The van der Waals surface area contributed by atoms with Crippen molar-refractivity contribution >= 4 is 15.7 Å². The second-order valence-corrected chi connectivity index (χ2v) is 9.71. The molecule has 2 aromatic rings. The minimum atomic E-state index is -3.97. The van der Waals surface area contributed by atoms with E-state index in [1.165, 1.54) is 12.1 Å². The second-order valence-electron chi connectivity index (χ2n) is 7.45. The highest BCUT2D eigenvalue weighted by Crippen LogP contribution is 2.36. The molecule has 0 spiro atoms. The van der Waals surface area contributed by atoms with Crippen LogP contribution < -0.4 is 15.2 Å². The number of hydrogen-bond donors (Lipinski definition) is 1. The molecule has 0 aliphatic carbocycles. The molecule has 1 saturated heterocycles. The summed E-state index contributed by atoms with van der Waals surface area (Å²) >= 11 is 0. The van der Waals surface area contributed by atoms with Gasteiger partial charge in [0.25, 0.3) is 0 Å². The molecule has 9 heteroatoms. The molecule has 8 nitrogen and oxygen atoms in total. The third-order valence-corrected chi connectivity index (χ3v) is 8.20. The number of carbonyl (C=O) groups is 1. The van der Waals surface area contributed by atoms with Crippen LogP contribution in [0.4, 0.5) is 0 Å². The number of sulfone groups is 1. The van der Waals surface area contributed by atoms with Crippen LogP contribution in [-0.4, -0.2) is 64.4 Å². The number of likely N-dealkylation sites (tertiary alicyclic amines) is 1. The molecule has 0 radical (unpaired) electrons. The maximum absolute atomic E-state index is 13.4. The molecule has 0 unspecified atom stereocenters. The van der Waals surface area contributed by atoms with E-state index >= 15 is 0 Å². The number of ether oxygens (including phenoxy) is 3. The van der Waals surface area contributed by atoms with Gasteiger partial charge in [0.15, 0.2) is 14.6 Å². The summed E-state index contributed by atoms with van der Waals surface area (Å²) in [5.41, 5.74) is 5.63. The molecular formula is C22H28N2O6S. The lowest BCUT2D eigenvalue weighted by Crippen LogP contribution is -2.57. The van der Waals surface area contributed by atoms with Gasteiger partial charge in [-0.1, -0.05) is 0 Å². The fraction of sp³-hybridized carbons (Fsp3) is 0.409. The Morgan fingerprint density at radius 1 is 0.968 bits per heavy atom. The molecule has 1 aliphatic heterocycles. The highest BCUT2D eigenvalue weighted by Gasteiger charge is 2.51. The lowest BCUT2D eigenvalue weighted by molar-refractivity contribution is -0.121. The summed E-state index contributed by atoms with van der Waals surface area (Å²) in [6, 6.07) is 13.1. The maximum atomic E-state index is 13.4. The van der Waals surface area contributed by atoms with Gasteiger partial charge in [-0.3, -0.25) is 4.79 Å². The van der Waals surface area contributed by atoms with E-state index in [1.54, 1.807) is 50.6 Å². The fourth-order valence-electron chi connectivity index (χ4n) is 3.70. The van der Waals surface area contributed by atoms with Crippen LogP contribution in [0.3, 0.4) is 0 Å². The Balaban J connectivity index is 1.77. The van der Waals surface area contributed by atoms with E-state index in [0.29, 0.717) is 43.5 Å². The molecule has 31 heavy (non-hydrogen) atoms. The van der Waals surface area contributed by atoms with E-state index in [9.17, 15) is 13.2 Å². The Morgan fingerprint density at radius 3 is 1.97 bits per heavy atom. The first kappa shape index (κ1) is 23.1. The molecule has 3 rings (SSSR count). The SMILES string of the molecule is COCCN1CCC(C(N)=O)(S(=O)(=O)c2ccc(Oc3ccc(OC)cc3)cc2)CC1. The van der Waals surface area contributed by atoms with Crippen molar-refractivity contribution < 1.29 is 27.4 Å². The molecule has 2 aromatic carbocycles. The van der Waals surface area contributed by atoms with Gasteiger partial charge in [-0.05, 0) is 61.4 Å². The largest absolute Gasteiger partial charge is 0.497 e. The number of methoxy groups -OCH3 is 2. The lowest BCUT2D eigenvalue weighted by atomic mass is 9.95. The summed E-state index contributed by atoms with van der Waals surface area (Å²) < 4.78 is 41.2. The van der Waals surface area contributed by atoms with Crippen molar-refractivity contribution in [3.63, 3.8) is 0 Å². The lowest BCUT2D eigenvalue weighted by Gasteiger charge is -2.38. The summed E-state index contributed by atoms with van der Waals surface area (Å²) in [5.74, 6) is 0.969. The Hall–Kier alpha value is -2.62. The molecule has 0 aromatic heterocycles. The van der Waals surface area contributed by atoms with Crippen LogP contribution in [0.1, 0.15) is 12.8 Å². The topological polar surface area (TPSA) is 108 Å². The molecule has 0 saturated carbocycles. The van der Waals surface area contributed by atoms with Crippen LogP contribution >= 0.6 is 0 Å². The van der Waals surface area contributed by atoms with E-state index in [2.05, 4.69) is 4.90 Å². The van der Waals surface area contributed by atoms with E-state index in [4.69, 9.17) is 19.9 Å². The van der Waals surface area contributed by atoms with Crippen molar-refractivity contribution in [2.45, 2.75) is 22.5 Å². The molecule has 1 amide bonds. The Bertz CT molecular complexity index is 982. The predicted octanol–water partition coefficient (Wildman–Crippen LogP) is 2.23. The maximum Gasteiger partial charge on any atom is 0.239 e. The van der Waals surface area contributed by atoms with Gasteiger partial charge in [0.05, 0.1) is 18.6 Å². The van der Waals surface area contributed by atoms with Gasteiger partial charge in [-0.25, -0.2) is 8.42 Å². The van der Waals surface area contributed by atoms with Crippen molar-refractivity contribution in [3.05, 3.63) is 48.5 Å². The van der Waals surface area contributed by atoms with Crippen molar-refractivity contribution in [1.29, 1.82) is 0 Å². The average molecular weight is 449 g/mol. The Labute approximate surface area is 182 Å². The molecule has 0 atom stereocenters. The number of primary amides is 1. The molecule has 1 fully saturated rings. The van der Waals surface area contributed by atoms with Gasteiger partial charge in [0.1, 0.15) is 17.2 Å². The third-order valence-electron chi connectivity index (χ3n) is 5.67. The van der Waals surface area contributed by atoms with Crippen LogP contribution in [0.2, 0.25) is 0 Å². The molecule has 0 bridgehead atoms. The number of benzene rings is 2. The van der Waals surface area contributed by atoms with Gasteiger partial charge in [0.2, 0.25) is 5.91 Å².